The Hall–Kier alpha value is -1.63. The minimum absolute atomic E-state index is 0.0271. The van der Waals surface area contributed by atoms with Gasteiger partial charge in [-0.25, -0.2) is 8.60 Å². The van der Waals surface area contributed by atoms with Crippen molar-refractivity contribution in [3.63, 3.8) is 0 Å². The molecule has 1 atom stereocenters. The molecule has 5 nitrogen and oxygen atoms in total. The molecule has 0 fully saturated rings. The van der Waals surface area contributed by atoms with Crippen LogP contribution < -0.4 is 0 Å². The summed E-state index contributed by atoms with van der Waals surface area (Å²) in [6, 6.07) is 3.24. The zero-order valence-electron chi connectivity index (χ0n) is 11.8. The lowest BCUT2D eigenvalue weighted by molar-refractivity contribution is -0.384. The van der Waals surface area contributed by atoms with Gasteiger partial charge in [0.05, 0.1) is 15.4 Å². The molecule has 0 amide bonds. The molecule has 0 aliphatic heterocycles. The normalized spacial score (nSPS) is 14.2. The van der Waals surface area contributed by atoms with Gasteiger partial charge in [0, 0.05) is 17.7 Å². The SMILES string of the molecule is CCC(=N[S@](=O)C(C)(C)C)c1cc([N+](=O)[O-])ccc1F. The predicted molar refractivity (Wildman–Crippen MR) is 77.8 cm³/mol. The largest absolute Gasteiger partial charge is 0.270 e. The van der Waals surface area contributed by atoms with E-state index < -0.39 is 26.5 Å². The summed E-state index contributed by atoms with van der Waals surface area (Å²) in [4.78, 5) is 10.1. The van der Waals surface area contributed by atoms with E-state index in [2.05, 4.69) is 4.40 Å². The van der Waals surface area contributed by atoms with Gasteiger partial charge in [-0.05, 0) is 33.3 Å². The van der Waals surface area contributed by atoms with E-state index in [1.807, 2.05) is 0 Å². The Morgan fingerprint density at radius 2 is 2.05 bits per heavy atom. The third-order valence-corrected chi connectivity index (χ3v) is 3.96. The van der Waals surface area contributed by atoms with Gasteiger partial charge < -0.3 is 0 Å². The van der Waals surface area contributed by atoms with E-state index in [1.165, 1.54) is 0 Å². The van der Waals surface area contributed by atoms with Crippen LogP contribution in [-0.2, 0) is 11.0 Å². The summed E-state index contributed by atoms with van der Waals surface area (Å²) >= 11 is 0. The molecular formula is C13H17FN2O3S. The van der Waals surface area contributed by atoms with Crippen LogP contribution in [0.3, 0.4) is 0 Å². The van der Waals surface area contributed by atoms with Gasteiger partial charge in [-0.15, -0.1) is 0 Å². The Bertz CT molecular complexity index is 579. The first kappa shape index (κ1) is 16.4. The Kier molecular flexibility index (Phi) is 5.10. The first-order chi connectivity index (χ1) is 9.16. The second-order valence-electron chi connectivity index (χ2n) is 5.17. The maximum atomic E-state index is 13.8. The van der Waals surface area contributed by atoms with E-state index in [0.29, 0.717) is 6.42 Å². The number of nitrogens with zero attached hydrogens (tertiary/aromatic N) is 2. The molecule has 1 aromatic rings. The Morgan fingerprint density at radius 1 is 1.45 bits per heavy atom. The maximum Gasteiger partial charge on any atom is 0.270 e. The average Bonchev–Trinajstić information content (AvgIpc) is 2.35. The zero-order chi connectivity index (χ0) is 15.5. The summed E-state index contributed by atoms with van der Waals surface area (Å²) in [6.45, 7) is 6.99. The molecule has 0 aliphatic rings. The second kappa shape index (κ2) is 6.21. The van der Waals surface area contributed by atoms with Crippen molar-refractivity contribution in [2.45, 2.75) is 38.9 Å². The van der Waals surface area contributed by atoms with Gasteiger partial charge in [0.15, 0.2) is 0 Å². The summed E-state index contributed by atoms with van der Waals surface area (Å²) < 4.78 is 29.3. The fraction of sp³-hybridized carbons (Fsp3) is 0.462. The molecule has 0 saturated heterocycles. The lowest BCUT2D eigenvalue weighted by Crippen LogP contribution is -2.21. The molecular weight excluding hydrogens is 283 g/mol. The molecule has 0 spiro atoms. The van der Waals surface area contributed by atoms with Crippen molar-refractivity contribution in [3.05, 3.63) is 39.7 Å². The molecule has 0 aromatic heterocycles. The summed E-state index contributed by atoms with van der Waals surface area (Å²) in [7, 11) is -1.54. The van der Waals surface area contributed by atoms with E-state index >= 15 is 0 Å². The lowest BCUT2D eigenvalue weighted by atomic mass is 10.1. The number of nitro groups is 1. The number of hydrogen-bond acceptors (Lipinski definition) is 3. The first-order valence-corrected chi connectivity index (χ1v) is 7.21. The first-order valence-electron chi connectivity index (χ1n) is 6.10. The fourth-order valence-electron chi connectivity index (χ4n) is 1.39. The molecule has 1 aromatic carbocycles. The van der Waals surface area contributed by atoms with Crippen molar-refractivity contribution in [1.82, 2.24) is 0 Å². The third kappa shape index (κ3) is 3.93. The maximum absolute atomic E-state index is 13.8. The van der Waals surface area contributed by atoms with E-state index in [0.717, 1.165) is 18.2 Å². The average molecular weight is 300 g/mol. The van der Waals surface area contributed by atoms with Gasteiger partial charge in [0.2, 0.25) is 0 Å². The lowest BCUT2D eigenvalue weighted by Gasteiger charge is -2.15. The number of hydrogen-bond donors (Lipinski definition) is 0. The predicted octanol–water partition coefficient (Wildman–Crippen LogP) is 3.40. The van der Waals surface area contributed by atoms with Crippen LogP contribution in [0.5, 0.6) is 0 Å². The zero-order valence-corrected chi connectivity index (χ0v) is 12.7. The molecule has 110 valence electrons. The minimum Gasteiger partial charge on any atom is -0.258 e. The summed E-state index contributed by atoms with van der Waals surface area (Å²) in [6.07, 6.45) is 0.333. The van der Waals surface area contributed by atoms with Crippen molar-refractivity contribution in [2.75, 3.05) is 0 Å². The van der Waals surface area contributed by atoms with Gasteiger partial charge in [-0.1, -0.05) is 6.92 Å². The van der Waals surface area contributed by atoms with Crippen LogP contribution in [0.25, 0.3) is 0 Å². The third-order valence-electron chi connectivity index (χ3n) is 2.52. The van der Waals surface area contributed by atoms with Crippen molar-refractivity contribution in [2.24, 2.45) is 4.40 Å². The molecule has 1 rings (SSSR count). The molecule has 0 bridgehead atoms. The smallest absolute Gasteiger partial charge is 0.258 e. The molecule has 0 N–H and O–H groups in total. The van der Waals surface area contributed by atoms with E-state index in [1.54, 1.807) is 27.7 Å². The highest BCUT2D eigenvalue weighted by Gasteiger charge is 2.21. The number of non-ortho nitro benzene ring substituents is 1. The summed E-state index contributed by atoms with van der Waals surface area (Å²) in [5.74, 6) is -0.609. The summed E-state index contributed by atoms with van der Waals surface area (Å²) in [5.41, 5.74) is 0.0721. The Morgan fingerprint density at radius 3 is 2.50 bits per heavy atom. The van der Waals surface area contributed by atoms with Gasteiger partial charge in [0.25, 0.3) is 5.69 Å². The van der Waals surface area contributed by atoms with E-state index in [9.17, 15) is 18.7 Å². The monoisotopic (exact) mass is 300 g/mol. The molecule has 7 heteroatoms. The van der Waals surface area contributed by atoms with Crippen molar-refractivity contribution >= 4 is 22.4 Å². The van der Waals surface area contributed by atoms with Crippen LogP contribution in [0, 0.1) is 15.9 Å². The van der Waals surface area contributed by atoms with Crippen LogP contribution in [0.2, 0.25) is 0 Å². The highest BCUT2D eigenvalue weighted by Crippen LogP contribution is 2.21. The van der Waals surface area contributed by atoms with E-state index in [4.69, 9.17) is 0 Å². The number of rotatable bonds is 4. The highest BCUT2D eigenvalue weighted by atomic mass is 32.2. The Labute approximate surface area is 119 Å². The molecule has 20 heavy (non-hydrogen) atoms. The van der Waals surface area contributed by atoms with Crippen LogP contribution in [0.1, 0.15) is 39.7 Å². The van der Waals surface area contributed by atoms with Crippen molar-refractivity contribution < 1.29 is 13.5 Å². The molecule has 0 heterocycles. The molecule has 0 aliphatic carbocycles. The van der Waals surface area contributed by atoms with Gasteiger partial charge in [-0.2, -0.15) is 4.40 Å². The number of benzene rings is 1. The molecule has 0 unspecified atom stereocenters. The topological polar surface area (TPSA) is 72.6 Å². The van der Waals surface area contributed by atoms with Crippen LogP contribution in [0.15, 0.2) is 22.6 Å². The van der Waals surface area contributed by atoms with Gasteiger partial charge in [0.1, 0.15) is 16.8 Å². The minimum atomic E-state index is -1.54. The van der Waals surface area contributed by atoms with Crippen molar-refractivity contribution in [3.8, 4) is 0 Å². The Balaban J connectivity index is 3.32. The molecule has 0 saturated carbocycles. The van der Waals surface area contributed by atoms with Crippen molar-refractivity contribution in [1.29, 1.82) is 0 Å². The van der Waals surface area contributed by atoms with E-state index in [-0.39, 0.29) is 17.0 Å². The summed E-state index contributed by atoms with van der Waals surface area (Å²) in [5, 5.41) is 10.7. The molecule has 0 radical (unpaired) electrons. The van der Waals surface area contributed by atoms with Crippen LogP contribution >= 0.6 is 0 Å². The van der Waals surface area contributed by atoms with Gasteiger partial charge in [-0.3, -0.25) is 10.1 Å². The number of nitro benzene ring substituents is 1. The second-order valence-corrected chi connectivity index (χ2v) is 7.08. The van der Waals surface area contributed by atoms with Crippen LogP contribution in [0.4, 0.5) is 10.1 Å². The fourth-order valence-corrected chi connectivity index (χ4v) is 2.09. The number of halogens is 1. The van der Waals surface area contributed by atoms with Gasteiger partial charge >= 0.3 is 0 Å². The standard InChI is InChI=1S/C13H17FN2O3S/c1-5-12(15-20(19)13(2,3)4)10-8-9(16(17)18)6-7-11(10)14/h6-8H,5H2,1-4H3/t20-/m1/s1. The highest BCUT2D eigenvalue weighted by molar-refractivity contribution is 7.85. The quantitative estimate of drug-likeness (QED) is 0.486. The van der Waals surface area contributed by atoms with Crippen LogP contribution in [-0.4, -0.2) is 19.6 Å².